The molecule has 1 aliphatic heterocycles. The molecule has 1 heterocycles. The second-order valence-corrected chi connectivity index (χ2v) is 7.69. The molecular formula is C25H35N3O4. The Bertz CT molecular complexity index is 857. The summed E-state index contributed by atoms with van der Waals surface area (Å²) in [5.74, 6) is 2.29. The van der Waals surface area contributed by atoms with E-state index in [0.29, 0.717) is 39.6 Å². The normalized spacial score (nSPS) is 13.5. The van der Waals surface area contributed by atoms with E-state index >= 15 is 0 Å². The largest absolute Gasteiger partial charge is 0.490 e. The van der Waals surface area contributed by atoms with Gasteiger partial charge in [0.25, 0.3) is 0 Å². The molecule has 2 aromatic rings. The average Bonchev–Trinajstić information content (AvgIpc) is 3.03. The van der Waals surface area contributed by atoms with E-state index in [1.54, 1.807) is 7.11 Å². The smallest absolute Gasteiger partial charge is 0.195 e. The van der Waals surface area contributed by atoms with Gasteiger partial charge >= 0.3 is 0 Å². The number of hydrogen-bond acceptors (Lipinski definition) is 5. The number of nitrogens with zero attached hydrogens (tertiary/aromatic N) is 1. The van der Waals surface area contributed by atoms with Crippen molar-refractivity contribution in [2.24, 2.45) is 4.99 Å². The van der Waals surface area contributed by atoms with Crippen LogP contribution in [-0.4, -0.2) is 59.2 Å². The van der Waals surface area contributed by atoms with Gasteiger partial charge in [0.1, 0.15) is 0 Å². The van der Waals surface area contributed by atoms with Gasteiger partial charge in [-0.15, -0.1) is 0 Å². The Balaban J connectivity index is 1.57. The molecule has 7 nitrogen and oxygen atoms in total. The van der Waals surface area contributed by atoms with Crippen molar-refractivity contribution in [2.45, 2.75) is 26.2 Å². The summed E-state index contributed by atoms with van der Waals surface area (Å²) in [5.41, 5.74) is 3.49. The van der Waals surface area contributed by atoms with Crippen LogP contribution in [0.4, 0.5) is 5.69 Å². The van der Waals surface area contributed by atoms with Crippen LogP contribution in [0.1, 0.15) is 24.0 Å². The zero-order chi connectivity index (χ0) is 22.4. The molecule has 32 heavy (non-hydrogen) atoms. The first-order valence-electron chi connectivity index (χ1n) is 11.3. The number of guanidine groups is 1. The quantitative estimate of drug-likeness (QED) is 0.314. The highest BCUT2D eigenvalue weighted by atomic mass is 16.5. The third-order valence-corrected chi connectivity index (χ3v) is 4.95. The maximum atomic E-state index is 5.81. The van der Waals surface area contributed by atoms with Crippen molar-refractivity contribution in [1.29, 1.82) is 0 Å². The molecule has 3 rings (SSSR count). The first-order valence-corrected chi connectivity index (χ1v) is 11.3. The Morgan fingerprint density at radius 3 is 2.75 bits per heavy atom. The fraction of sp³-hybridized carbons (Fsp3) is 0.480. The third-order valence-electron chi connectivity index (χ3n) is 4.95. The van der Waals surface area contributed by atoms with Gasteiger partial charge in [-0.1, -0.05) is 29.8 Å². The number of nitrogens with one attached hydrogen (secondary N) is 2. The molecule has 0 atom stereocenters. The van der Waals surface area contributed by atoms with E-state index in [4.69, 9.17) is 23.9 Å². The van der Waals surface area contributed by atoms with E-state index in [-0.39, 0.29) is 0 Å². The minimum absolute atomic E-state index is 0.608. The summed E-state index contributed by atoms with van der Waals surface area (Å²) in [7, 11) is 1.67. The van der Waals surface area contributed by atoms with Crippen LogP contribution in [0.3, 0.4) is 0 Å². The monoisotopic (exact) mass is 441 g/mol. The lowest BCUT2D eigenvalue weighted by atomic mass is 10.1. The summed E-state index contributed by atoms with van der Waals surface area (Å²) in [6, 6.07) is 14.5. The third kappa shape index (κ3) is 8.40. The number of benzene rings is 2. The summed E-state index contributed by atoms with van der Waals surface area (Å²) < 4.78 is 22.1. The molecular weight excluding hydrogens is 406 g/mol. The van der Waals surface area contributed by atoms with E-state index < -0.39 is 0 Å². The van der Waals surface area contributed by atoms with Gasteiger partial charge in [-0.3, -0.25) is 4.99 Å². The Labute approximate surface area is 191 Å². The van der Waals surface area contributed by atoms with Crippen molar-refractivity contribution in [1.82, 2.24) is 5.32 Å². The van der Waals surface area contributed by atoms with Crippen molar-refractivity contribution in [3.63, 3.8) is 0 Å². The first-order chi connectivity index (χ1) is 15.7. The topological polar surface area (TPSA) is 73.3 Å². The van der Waals surface area contributed by atoms with Crippen LogP contribution in [0.15, 0.2) is 47.5 Å². The molecule has 1 aliphatic rings. The predicted molar refractivity (Wildman–Crippen MR) is 128 cm³/mol. The Hall–Kier alpha value is -2.77. The van der Waals surface area contributed by atoms with Crippen molar-refractivity contribution in [3.8, 4) is 11.5 Å². The van der Waals surface area contributed by atoms with E-state index in [9.17, 15) is 0 Å². The maximum Gasteiger partial charge on any atom is 0.195 e. The fourth-order valence-electron chi connectivity index (χ4n) is 3.31. The highest BCUT2D eigenvalue weighted by Gasteiger charge is 2.11. The molecule has 174 valence electrons. The van der Waals surface area contributed by atoms with Gasteiger partial charge in [0, 0.05) is 45.0 Å². The lowest BCUT2D eigenvalue weighted by Crippen LogP contribution is -2.32. The maximum absolute atomic E-state index is 5.81. The SMILES string of the molecule is COCCOCCCN=C(NCCc1cccc(C)c1)Nc1ccc2c(c1)OCCCO2. The number of rotatable bonds is 11. The lowest BCUT2D eigenvalue weighted by molar-refractivity contribution is 0.0702. The zero-order valence-electron chi connectivity index (χ0n) is 19.2. The van der Waals surface area contributed by atoms with E-state index in [1.165, 1.54) is 11.1 Å². The van der Waals surface area contributed by atoms with Crippen LogP contribution in [0.25, 0.3) is 0 Å². The number of aryl methyl sites for hydroxylation is 1. The molecule has 0 aliphatic carbocycles. The Morgan fingerprint density at radius 1 is 1.03 bits per heavy atom. The zero-order valence-corrected chi connectivity index (χ0v) is 19.2. The number of methoxy groups -OCH3 is 1. The molecule has 0 radical (unpaired) electrons. The molecule has 0 unspecified atom stereocenters. The van der Waals surface area contributed by atoms with Gasteiger partial charge in [-0.05, 0) is 37.5 Å². The predicted octanol–water partition coefficient (Wildman–Crippen LogP) is 3.81. The van der Waals surface area contributed by atoms with Gasteiger partial charge in [-0.25, -0.2) is 0 Å². The first kappa shape index (κ1) is 23.9. The standard InChI is InChI=1S/C25H35N3O4/c1-20-6-3-7-21(18-20)10-12-27-25(26-11-4-13-30-17-16-29-2)28-22-8-9-23-24(19-22)32-15-5-14-31-23/h3,6-9,18-19H,4-5,10-17H2,1-2H3,(H2,26,27,28). The number of aliphatic imine (C=N–C) groups is 1. The number of anilines is 1. The Kier molecular flexibility index (Phi) is 10.2. The number of hydrogen-bond donors (Lipinski definition) is 2. The van der Waals surface area contributed by atoms with Crippen LogP contribution in [-0.2, 0) is 15.9 Å². The Morgan fingerprint density at radius 2 is 1.91 bits per heavy atom. The molecule has 0 fully saturated rings. The fourth-order valence-corrected chi connectivity index (χ4v) is 3.31. The second-order valence-electron chi connectivity index (χ2n) is 7.69. The van der Waals surface area contributed by atoms with Crippen molar-refractivity contribution >= 4 is 11.6 Å². The molecule has 0 spiro atoms. The molecule has 2 aromatic carbocycles. The molecule has 0 aromatic heterocycles. The van der Waals surface area contributed by atoms with Gasteiger partial charge in [-0.2, -0.15) is 0 Å². The highest BCUT2D eigenvalue weighted by Crippen LogP contribution is 2.32. The van der Waals surface area contributed by atoms with Crippen LogP contribution in [0, 0.1) is 6.92 Å². The molecule has 0 bridgehead atoms. The average molecular weight is 442 g/mol. The van der Waals surface area contributed by atoms with E-state index in [1.807, 2.05) is 18.2 Å². The van der Waals surface area contributed by atoms with E-state index in [2.05, 4.69) is 41.8 Å². The summed E-state index contributed by atoms with van der Waals surface area (Å²) in [5, 5.41) is 6.85. The van der Waals surface area contributed by atoms with E-state index in [0.717, 1.165) is 49.0 Å². The van der Waals surface area contributed by atoms with Crippen LogP contribution in [0.5, 0.6) is 11.5 Å². The van der Waals surface area contributed by atoms with Gasteiger partial charge in [0.05, 0.1) is 26.4 Å². The molecule has 0 saturated heterocycles. The molecule has 2 N–H and O–H groups in total. The summed E-state index contributed by atoms with van der Waals surface area (Å²) in [6.45, 7) is 6.78. The van der Waals surface area contributed by atoms with Crippen LogP contribution in [0.2, 0.25) is 0 Å². The number of ether oxygens (including phenoxy) is 4. The van der Waals surface area contributed by atoms with Gasteiger partial charge in [0.15, 0.2) is 17.5 Å². The summed E-state index contributed by atoms with van der Waals surface area (Å²) in [6.07, 6.45) is 2.65. The van der Waals surface area contributed by atoms with Crippen LogP contribution < -0.4 is 20.1 Å². The van der Waals surface area contributed by atoms with Crippen LogP contribution >= 0.6 is 0 Å². The number of fused-ring (bicyclic) bond motifs is 1. The lowest BCUT2D eigenvalue weighted by Gasteiger charge is -2.15. The minimum atomic E-state index is 0.608. The van der Waals surface area contributed by atoms with Gasteiger partial charge < -0.3 is 29.6 Å². The molecule has 0 amide bonds. The minimum Gasteiger partial charge on any atom is -0.490 e. The molecule has 7 heteroatoms. The second kappa shape index (κ2) is 13.6. The van der Waals surface area contributed by atoms with Crippen molar-refractivity contribution in [3.05, 3.63) is 53.6 Å². The molecule has 0 saturated carbocycles. The highest BCUT2D eigenvalue weighted by molar-refractivity contribution is 5.94. The summed E-state index contributed by atoms with van der Waals surface area (Å²) in [4.78, 5) is 4.73. The van der Waals surface area contributed by atoms with Crippen molar-refractivity contribution < 1.29 is 18.9 Å². The van der Waals surface area contributed by atoms with Crippen molar-refractivity contribution in [2.75, 3.05) is 58.6 Å². The summed E-state index contributed by atoms with van der Waals surface area (Å²) >= 11 is 0. The van der Waals surface area contributed by atoms with Gasteiger partial charge in [0.2, 0.25) is 0 Å².